The fraction of sp³-hybridized carbons (Fsp3) is 0.250. The molecule has 23 heavy (non-hydrogen) atoms. The molecule has 7 heteroatoms. The molecule has 0 bridgehead atoms. The highest BCUT2D eigenvalue weighted by atomic mass is 35.5. The number of benzene rings is 2. The quantitative estimate of drug-likeness (QED) is 0.832. The molecule has 1 N–H and O–H groups in total. The summed E-state index contributed by atoms with van der Waals surface area (Å²) in [5, 5.41) is 3.11. The van der Waals surface area contributed by atoms with Crippen LogP contribution < -0.4 is 14.8 Å². The van der Waals surface area contributed by atoms with Crippen LogP contribution in [-0.2, 0) is 4.87 Å². The summed E-state index contributed by atoms with van der Waals surface area (Å²) in [6.45, 7) is 0.333. The molecule has 0 aromatic heterocycles. The molecular formula is C16H13ClF3NO2. The Balaban J connectivity index is 2.07. The Morgan fingerprint density at radius 1 is 1.13 bits per heavy atom. The van der Waals surface area contributed by atoms with E-state index in [9.17, 15) is 13.2 Å². The van der Waals surface area contributed by atoms with Crippen LogP contribution in [0.4, 0.5) is 18.9 Å². The monoisotopic (exact) mass is 343 g/mol. The van der Waals surface area contributed by atoms with Crippen molar-refractivity contribution in [3.05, 3.63) is 53.6 Å². The van der Waals surface area contributed by atoms with E-state index < -0.39 is 11.2 Å². The third-order valence-corrected chi connectivity index (χ3v) is 4.25. The van der Waals surface area contributed by atoms with Crippen LogP contribution in [0.3, 0.4) is 0 Å². The average Bonchev–Trinajstić information content (AvgIpc) is 2.84. The molecule has 0 amide bonds. The van der Waals surface area contributed by atoms with Crippen molar-refractivity contribution in [3.8, 4) is 11.5 Å². The molecule has 1 aliphatic rings. The Morgan fingerprint density at radius 2 is 1.87 bits per heavy atom. The van der Waals surface area contributed by atoms with Gasteiger partial charge in [0.25, 0.3) is 0 Å². The van der Waals surface area contributed by atoms with Crippen LogP contribution >= 0.6 is 11.6 Å². The zero-order chi connectivity index (χ0) is 16.7. The summed E-state index contributed by atoms with van der Waals surface area (Å²) in [6.07, 6.45) is -4.75. The highest BCUT2D eigenvalue weighted by molar-refractivity contribution is 6.27. The third-order valence-electron chi connectivity index (χ3n) is 3.71. The second kappa shape index (κ2) is 5.53. The van der Waals surface area contributed by atoms with Crippen molar-refractivity contribution in [3.63, 3.8) is 0 Å². The number of hydrogen-bond donors (Lipinski definition) is 1. The summed E-state index contributed by atoms with van der Waals surface area (Å²) in [5.41, 5.74) is 1.87. The normalized spacial score (nSPS) is 19.9. The first kappa shape index (κ1) is 15.8. The van der Waals surface area contributed by atoms with Gasteiger partial charge in [0.2, 0.25) is 0 Å². The molecule has 122 valence electrons. The lowest BCUT2D eigenvalue weighted by Gasteiger charge is -2.24. The molecule has 3 nitrogen and oxygen atoms in total. The minimum Gasteiger partial charge on any atom is -0.496 e. The molecule has 0 fully saturated rings. The van der Waals surface area contributed by atoms with Gasteiger partial charge in [0, 0.05) is 23.4 Å². The molecule has 1 heterocycles. The van der Waals surface area contributed by atoms with E-state index in [1.165, 1.54) is 25.3 Å². The predicted octanol–water partition coefficient (Wildman–Crippen LogP) is 4.50. The maximum absolute atomic E-state index is 12.4. The average molecular weight is 344 g/mol. The summed E-state index contributed by atoms with van der Waals surface area (Å²) in [4.78, 5) is -1.03. The van der Waals surface area contributed by atoms with Crippen LogP contribution in [0, 0.1) is 0 Å². The van der Waals surface area contributed by atoms with Gasteiger partial charge in [0.05, 0.1) is 7.11 Å². The van der Waals surface area contributed by atoms with Crippen LogP contribution in [0.1, 0.15) is 11.1 Å². The van der Waals surface area contributed by atoms with E-state index in [1.807, 2.05) is 0 Å². The van der Waals surface area contributed by atoms with Crippen LogP contribution in [0.15, 0.2) is 42.5 Å². The number of alkyl halides is 4. The number of methoxy groups -OCH3 is 1. The minimum absolute atomic E-state index is 0.306. The van der Waals surface area contributed by atoms with E-state index in [2.05, 4.69) is 10.1 Å². The Labute approximate surface area is 136 Å². The number of anilines is 1. The van der Waals surface area contributed by atoms with Gasteiger partial charge in [-0.25, -0.2) is 0 Å². The van der Waals surface area contributed by atoms with Gasteiger partial charge in [0.15, 0.2) is 0 Å². The number of nitrogens with one attached hydrogen (secondary N) is 1. The van der Waals surface area contributed by atoms with Crippen LogP contribution in [-0.4, -0.2) is 20.0 Å². The molecule has 0 spiro atoms. The fourth-order valence-corrected chi connectivity index (χ4v) is 3.11. The Bertz CT molecular complexity index is 736. The second-order valence-corrected chi connectivity index (χ2v) is 5.76. The lowest BCUT2D eigenvalue weighted by atomic mass is 9.91. The van der Waals surface area contributed by atoms with Crippen molar-refractivity contribution < 1.29 is 22.6 Å². The summed E-state index contributed by atoms with van der Waals surface area (Å²) >= 11 is 6.77. The van der Waals surface area contributed by atoms with Crippen molar-refractivity contribution in [2.24, 2.45) is 0 Å². The van der Waals surface area contributed by atoms with E-state index in [0.717, 1.165) is 0 Å². The van der Waals surface area contributed by atoms with E-state index in [-0.39, 0.29) is 5.75 Å². The first-order valence-electron chi connectivity index (χ1n) is 6.80. The van der Waals surface area contributed by atoms with Gasteiger partial charge in [-0.05, 0) is 24.3 Å². The molecule has 0 aliphatic carbocycles. The molecule has 0 saturated carbocycles. The number of para-hydroxylation sites is 1. The smallest absolute Gasteiger partial charge is 0.496 e. The Morgan fingerprint density at radius 3 is 2.57 bits per heavy atom. The molecule has 1 atom stereocenters. The van der Waals surface area contributed by atoms with Crippen molar-refractivity contribution >= 4 is 17.3 Å². The zero-order valence-electron chi connectivity index (χ0n) is 12.1. The van der Waals surface area contributed by atoms with Gasteiger partial charge in [-0.3, -0.25) is 0 Å². The molecule has 3 rings (SSSR count). The maximum atomic E-state index is 12.4. The highest BCUT2D eigenvalue weighted by Crippen LogP contribution is 2.49. The van der Waals surface area contributed by atoms with Crippen molar-refractivity contribution in [2.75, 3.05) is 19.0 Å². The Hall–Kier alpha value is -2.08. The van der Waals surface area contributed by atoms with E-state index in [4.69, 9.17) is 16.3 Å². The largest absolute Gasteiger partial charge is 0.573 e. The number of rotatable bonds is 3. The fourth-order valence-electron chi connectivity index (χ4n) is 2.73. The number of fused-ring (bicyclic) bond motifs is 1. The van der Waals surface area contributed by atoms with Crippen molar-refractivity contribution in [2.45, 2.75) is 11.2 Å². The number of ether oxygens (including phenoxy) is 2. The van der Waals surface area contributed by atoms with Gasteiger partial charge < -0.3 is 14.8 Å². The van der Waals surface area contributed by atoms with E-state index in [1.54, 1.807) is 24.3 Å². The molecule has 2 aromatic carbocycles. The molecule has 1 aliphatic heterocycles. The minimum atomic E-state index is -4.75. The van der Waals surface area contributed by atoms with Crippen LogP contribution in [0.2, 0.25) is 0 Å². The van der Waals surface area contributed by atoms with Gasteiger partial charge >= 0.3 is 6.36 Å². The summed E-state index contributed by atoms with van der Waals surface area (Å²) < 4.78 is 46.6. The molecule has 0 radical (unpaired) electrons. The van der Waals surface area contributed by atoms with E-state index in [0.29, 0.717) is 29.1 Å². The van der Waals surface area contributed by atoms with Gasteiger partial charge in [-0.1, -0.05) is 18.2 Å². The van der Waals surface area contributed by atoms with Gasteiger partial charge in [-0.2, -0.15) is 0 Å². The Kier molecular flexibility index (Phi) is 3.80. The first-order chi connectivity index (χ1) is 10.8. The third kappa shape index (κ3) is 2.91. The summed E-state index contributed by atoms with van der Waals surface area (Å²) in [7, 11) is 1.52. The molecule has 0 saturated heterocycles. The number of hydrogen-bond acceptors (Lipinski definition) is 3. The molecular weight excluding hydrogens is 331 g/mol. The number of halogens is 4. The standard InChI is InChI=1S/C16H13ClF3NO2/c1-22-14-5-3-2-4-11(14)15(17)9-21-13-7-6-10(8-12(13)15)23-16(18,19)20/h2-8,21H,9H2,1H3. The van der Waals surface area contributed by atoms with Crippen molar-refractivity contribution in [1.82, 2.24) is 0 Å². The topological polar surface area (TPSA) is 30.5 Å². The summed E-state index contributed by atoms with van der Waals surface area (Å²) in [6, 6.07) is 11.2. The maximum Gasteiger partial charge on any atom is 0.573 e. The van der Waals surface area contributed by atoms with Crippen LogP contribution in [0.25, 0.3) is 0 Å². The lowest BCUT2D eigenvalue weighted by molar-refractivity contribution is -0.274. The van der Waals surface area contributed by atoms with Crippen molar-refractivity contribution in [1.29, 1.82) is 0 Å². The first-order valence-corrected chi connectivity index (χ1v) is 7.18. The highest BCUT2D eigenvalue weighted by Gasteiger charge is 2.41. The van der Waals surface area contributed by atoms with Gasteiger partial charge in [-0.15, -0.1) is 24.8 Å². The molecule has 1 unspecified atom stereocenters. The summed E-state index contributed by atoms with van der Waals surface area (Å²) in [5.74, 6) is 0.263. The lowest BCUT2D eigenvalue weighted by Crippen LogP contribution is -2.24. The molecule has 2 aromatic rings. The van der Waals surface area contributed by atoms with E-state index >= 15 is 0 Å². The zero-order valence-corrected chi connectivity index (χ0v) is 12.8. The van der Waals surface area contributed by atoms with Gasteiger partial charge in [0.1, 0.15) is 16.4 Å². The van der Waals surface area contributed by atoms with Crippen LogP contribution in [0.5, 0.6) is 11.5 Å². The second-order valence-electron chi connectivity index (χ2n) is 5.11. The predicted molar refractivity (Wildman–Crippen MR) is 81.2 cm³/mol. The SMILES string of the molecule is COc1ccccc1C1(Cl)CNc2ccc(OC(F)(F)F)cc21.